The van der Waals surface area contributed by atoms with E-state index in [0.717, 1.165) is 24.9 Å². The molecule has 0 heterocycles. The van der Waals surface area contributed by atoms with Crippen molar-refractivity contribution in [2.45, 2.75) is 32.7 Å². The predicted octanol–water partition coefficient (Wildman–Crippen LogP) is 2.04. The van der Waals surface area contributed by atoms with E-state index in [2.05, 4.69) is 6.92 Å². The van der Waals surface area contributed by atoms with Crippen molar-refractivity contribution in [2.75, 3.05) is 13.1 Å². The van der Waals surface area contributed by atoms with Crippen LogP contribution in [0.2, 0.25) is 0 Å². The molecule has 0 spiro atoms. The highest BCUT2D eigenvalue weighted by molar-refractivity contribution is 5.76. The minimum absolute atomic E-state index is 0.0229. The van der Waals surface area contributed by atoms with Crippen molar-refractivity contribution < 1.29 is 9.90 Å². The molecule has 100 valence electrons. The lowest BCUT2D eigenvalue weighted by Gasteiger charge is -2.28. The zero-order valence-electron chi connectivity index (χ0n) is 11.1. The number of rotatable bonds is 7. The van der Waals surface area contributed by atoms with E-state index in [0.29, 0.717) is 0 Å². The van der Waals surface area contributed by atoms with Gasteiger partial charge >= 0.3 is 0 Å². The molecule has 1 unspecified atom stereocenters. The highest BCUT2D eigenvalue weighted by Crippen LogP contribution is 2.27. The molecule has 4 nitrogen and oxygen atoms in total. The van der Waals surface area contributed by atoms with E-state index in [1.807, 2.05) is 24.0 Å². The van der Waals surface area contributed by atoms with Crippen LogP contribution < -0.4 is 5.73 Å². The first-order chi connectivity index (χ1) is 8.56. The molecule has 1 amide bonds. The SMILES string of the molecule is CCCCN(CC(N)=O)C(C)c1ccccc1O. The summed E-state index contributed by atoms with van der Waals surface area (Å²) in [6, 6.07) is 7.18. The van der Waals surface area contributed by atoms with Gasteiger partial charge in [0.1, 0.15) is 5.75 Å². The summed E-state index contributed by atoms with van der Waals surface area (Å²) in [5.41, 5.74) is 6.10. The quantitative estimate of drug-likeness (QED) is 0.778. The van der Waals surface area contributed by atoms with Gasteiger partial charge in [0, 0.05) is 11.6 Å². The molecular formula is C14H22N2O2. The summed E-state index contributed by atoms with van der Waals surface area (Å²) in [5, 5.41) is 9.85. The average Bonchev–Trinajstić information content (AvgIpc) is 2.34. The maximum atomic E-state index is 11.1. The normalized spacial score (nSPS) is 12.6. The number of carbonyl (C=O) groups is 1. The van der Waals surface area contributed by atoms with Gasteiger partial charge < -0.3 is 10.8 Å². The van der Waals surface area contributed by atoms with Crippen molar-refractivity contribution in [1.82, 2.24) is 4.90 Å². The fourth-order valence-electron chi connectivity index (χ4n) is 2.01. The van der Waals surface area contributed by atoms with Crippen molar-refractivity contribution in [2.24, 2.45) is 5.73 Å². The van der Waals surface area contributed by atoms with Crippen LogP contribution in [0, 0.1) is 0 Å². The molecule has 18 heavy (non-hydrogen) atoms. The van der Waals surface area contributed by atoms with Gasteiger partial charge in [-0.2, -0.15) is 0 Å². The van der Waals surface area contributed by atoms with E-state index < -0.39 is 0 Å². The second-order valence-electron chi connectivity index (χ2n) is 4.53. The number of amides is 1. The summed E-state index contributed by atoms with van der Waals surface area (Å²) in [4.78, 5) is 13.1. The van der Waals surface area contributed by atoms with Crippen LogP contribution >= 0.6 is 0 Å². The molecule has 1 aromatic rings. The second-order valence-corrected chi connectivity index (χ2v) is 4.53. The zero-order valence-corrected chi connectivity index (χ0v) is 11.1. The van der Waals surface area contributed by atoms with Crippen molar-refractivity contribution in [3.63, 3.8) is 0 Å². The number of hydrogen-bond donors (Lipinski definition) is 2. The summed E-state index contributed by atoms with van der Waals surface area (Å²) in [6.07, 6.45) is 2.06. The molecule has 0 aliphatic heterocycles. The molecule has 3 N–H and O–H groups in total. The van der Waals surface area contributed by atoms with Crippen molar-refractivity contribution in [1.29, 1.82) is 0 Å². The summed E-state index contributed by atoms with van der Waals surface area (Å²) in [5.74, 6) is -0.0793. The Kier molecular flexibility index (Phi) is 5.65. The summed E-state index contributed by atoms with van der Waals surface area (Å²) < 4.78 is 0. The van der Waals surface area contributed by atoms with Crippen LogP contribution in [0.3, 0.4) is 0 Å². The van der Waals surface area contributed by atoms with Gasteiger partial charge in [0.25, 0.3) is 0 Å². The lowest BCUT2D eigenvalue weighted by atomic mass is 10.1. The highest BCUT2D eigenvalue weighted by atomic mass is 16.3. The van der Waals surface area contributed by atoms with Crippen LogP contribution in [-0.4, -0.2) is 29.0 Å². The number of nitrogens with two attached hydrogens (primary N) is 1. The van der Waals surface area contributed by atoms with Gasteiger partial charge in [0.05, 0.1) is 6.54 Å². The third-order valence-electron chi connectivity index (χ3n) is 3.09. The Morgan fingerprint density at radius 3 is 2.67 bits per heavy atom. The lowest BCUT2D eigenvalue weighted by molar-refractivity contribution is -0.119. The molecule has 0 saturated heterocycles. The molecule has 1 aromatic carbocycles. The molecule has 1 atom stereocenters. The zero-order chi connectivity index (χ0) is 13.5. The third kappa shape index (κ3) is 4.04. The first-order valence-electron chi connectivity index (χ1n) is 6.36. The van der Waals surface area contributed by atoms with Crippen molar-refractivity contribution in [3.8, 4) is 5.75 Å². The van der Waals surface area contributed by atoms with Crippen molar-refractivity contribution in [3.05, 3.63) is 29.8 Å². The van der Waals surface area contributed by atoms with E-state index in [4.69, 9.17) is 5.73 Å². The first-order valence-corrected chi connectivity index (χ1v) is 6.36. The highest BCUT2D eigenvalue weighted by Gasteiger charge is 2.19. The maximum Gasteiger partial charge on any atom is 0.231 e. The third-order valence-corrected chi connectivity index (χ3v) is 3.09. The Morgan fingerprint density at radius 2 is 2.11 bits per heavy atom. The van der Waals surface area contributed by atoms with Crippen LogP contribution in [0.15, 0.2) is 24.3 Å². The number of benzene rings is 1. The number of carbonyl (C=O) groups excluding carboxylic acids is 1. The number of aromatic hydroxyl groups is 1. The van der Waals surface area contributed by atoms with E-state index in [9.17, 15) is 9.90 Å². The second kappa shape index (κ2) is 7.01. The summed E-state index contributed by atoms with van der Waals surface area (Å²) in [6.45, 7) is 5.10. The smallest absolute Gasteiger partial charge is 0.231 e. The lowest BCUT2D eigenvalue weighted by Crippen LogP contribution is -2.36. The molecule has 0 bridgehead atoms. The molecular weight excluding hydrogens is 228 g/mol. The van der Waals surface area contributed by atoms with Crippen LogP contribution in [0.1, 0.15) is 38.3 Å². The van der Waals surface area contributed by atoms with Crippen LogP contribution in [0.4, 0.5) is 0 Å². The van der Waals surface area contributed by atoms with Gasteiger partial charge in [-0.1, -0.05) is 31.5 Å². The van der Waals surface area contributed by atoms with E-state index in [-0.39, 0.29) is 24.2 Å². The molecule has 0 aliphatic rings. The minimum Gasteiger partial charge on any atom is -0.508 e. The Morgan fingerprint density at radius 1 is 1.44 bits per heavy atom. The molecule has 1 rings (SSSR count). The van der Waals surface area contributed by atoms with Gasteiger partial charge in [0.2, 0.25) is 5.91 Å². The van der Waals surface area contributed by atoms with Crippen molar-refractivity contribution >= 4 is 5.91 Å². The first kappa shape index (κ1) is 14.5. The van der Waals surface area contributed by atoms with Crippen LogP contribution in [0.5, 0.6) is 5.75 Å². The predicted molar refractivity (Wildman–Crippen MR) is 72.2 cm³/mol. The fraction of sp³-hybridized carbons (Fsp3) is 0.500. The maximum absolute atomic E-state index is 11.1. The largest absolute Gasteiger partial charge is 0.508 e. The molecule has 0 radical (unpaired) electrons. The standard InChI is InChI=1S/C14H22N2O2/c1-3-4-9-16(10-14(15)18)11(2)12-7-5-6-8-13(12)17/h5-8,11,17H,3-4,9-10H2,1-2H3,(H2,15,18). The number of primary amides is 1. The van der Waals surface area contributed by atoms with Crippen LogP contribution in [-0.2, 0) is 4.79 Å². The number of phenolic OH excluding ortho intramolecular Hbond substituents is 1. The van der Waals surface area contributed by atoms with Crippen LogP contribution in [0.25, 0.3) is 0 Å². The number of nitrogens with zero attached hydrogens (tertiary/aromatic N) is 1. The van der Waals surface area contributed by atoms with E-state index in [1.54, 1.807) is 12.1 Å². The van der Waals surface area contributed by atoms with E-state index >= 15 is 0 Å². The van der Waals surface area contributed by atoms with Gasteiger partial charge in [-0.3, -0.25) is 9.69 Å². The van der Waals surface area contributed by atoms with Gasteiger partial charge in [0.15, 0.2) is 0 Å². The van der Waals surface area contributed by atoms with Gasteiger partial charge in [-0.25, -0.2) is 0 Å². The molecule has 0 fully saturated rings. The number of hydrogen-bond acceptors (Lipinski definition) is 3. The summed E-state index contributed by atoms with van der Waals surface area (Å²) >= 11 is 0. The number of para-hydroxylation sites is 1. The fourth-order valence-corrected chi connectivity index (χ4v) is 2.01. The minimum atomic E-state index is -0.339. The number of phenols is 1. The molecule has 4 heteroatoms. The molecule has 0 aliphatic carbocycles. The Balaban J connectivity index is 2.83. The van der Waals surface area contributed by atoms with Gasteiger partial charge in [-0.15, -0.1) is 0 Å². The monoisotopic (exact) mass is 250 g/mol. The topological polar surface area (TPSA) is 66.6 Å². The van der Waals surface area contributed by atoms with Gasteiger partial charge in [-0.05, 0) is 26.0 Å². The molecule has 0 saturated carbocycles. The number of unbranched alkanes of at least 4 members (excludes halogenated alkanes) is 1. The molecule has 0 aromatic heterocycles. The summed E-state index contributed by atoms with van der Waals surface area (Å²) in [7, 11) is 0. The Labute approximate surface area is 108 Å². The average molecular weight is 250 g/mol. The Hall–Kier alpha value is -1.55. The Bertz CT molecular complexity index is 393. The van der Waals surface area contributed by atoms with E-state index in [1.165, 1.54) is 0 Å².